The molecule has 1 fully saturated rings. The monoisotopic (exact) mass is 575 g/mol. The van der Waals surface area contributed by atoms with Gasteiger partial charge in [0, 0.05) is 33.6 Å². The predicted molar refractivity (Wildman–Crippen MR) is 154 cm³/mol. The molecule has 2 N–H and O–H groups in total. The highest BCUT2D eigenvalue weighted by Gasteiger charge is 2.39. The second kappa shape index (κ2) is 10.9. The number of carbonyl (C=O) groups excluding carboxylic acids is 1. The normalized spacial score (nSPS) is 16.4. The van der Waals surface area contributed by atoms with Crippen LogP contribution in [0.4, 0.5) is 0 Å². The third-order valence-electron chi connectivity index (χ3n) is 7.58. The molecule has 8 nitrogen and oxygen atoms in total. The van der Waals surface area contributed by atoms with E-state index in [2.05, 4.69) is 26.4 Å². The van der Waals surface area contributed by atoms with Crippen molar-refractivity contribution in [1.29, 1.82) is 0 Å². The van der Waals surface area contributed by atoms with E-state index in [-0.39, 0.29) is 29.3 Å². The summed E-state index contributed by atoms with van der Waals surface area (Å²) >= 11 is 12.8. The molecule has 1 amide bonds. The first-order valence-corrected chi connectivity index (χ1v) is 14.0. The zero-order valence-electron chi connectivity index (χ0n) is 21.6. The standard InChI is InChI=1S/C30H27Cl2N5O3/c31-21-10-4-9-20(15-21)30(13-6-14-30)18-33-28(39)26-23(32)11-5-12-24(26)40-17-22-16-25(38)37-29(34-22)35-27(36-37)19-7-2-1-3-8-19/h1-4,7-10,12,15-16H,5-6,11,13-14,17-18H2,(H,33,39)(H,34,35,36). The van der Waals surface area contributed by atoms with Crippen LogP contribution in [0, 0.1) is 0 Å². The summed E-state index contributed by atoms with van der Waals surface area (Å²) in [7, 11) is 0. The van der Waals surface area contributed by atoms with Crippen molar-refractivity contribution in [2.24, 2.45) is 0 Å². The molecular weight excluding hydrogens is 549 g/mol. The minimum absolute atomic E-state index is 0.0154. The molecule has 0 atom stereocenters. The molecule has 0 radical (unpaired) electrons. The topological polar surface area (TPSA) is 101 Å². The number of hydrogen-bond acceptors (Lipinski definition) is 5. The lowest BCUT2D eigenvalue weighted by Gasteiger charge is -2.42. The molecule has 4 aromatic rings. The fourth-order valence-corrected chi connectivity index (χ4v) is 5.74. The van der Waals surface area contributed by atoms with Crippen LogP contribution in [-0.4, -0.2) is 32.0 Å². The van der Waals surface area contributed by atoms with Gasteiger partial charge in [-0.15, -0.1) is 0 Å². The minimum Gasteiger partial charge on any atom is -0.487 e. The molecule has 1 saturated carbocycles. The Labute approximate surface area is 240 Å². The van der Waals surface area contributed by atoms with E-state index in [0.717, 1.165) is 30.4 Å². The average molecular weight is 576 g/mol. The van der Waals surface area contributed by atoms with Crippen molar-refractivity contribution in [2.75, 3.05) is 6.54 Å². The number of nitrogens with zero attached hydrogens (tertiary/aromatic N) is 3. The maximum absolute atomic E-state index is 13.4. The Balaban J connectivity index is 1.17. The third-order valence-corrected chi connectivity index (χ3v) is 8.19. The fraction of sp³-hybridized carbons (Fsp3) is 0.267. The summed E-state index contributed by atoms with van der Waals surface area (Å²) in [5.74, 6) is 0.871. The van der Waals surface area contributed by atoms with E-state index in [0.29, 0.717) is 52.3 Å². The van der Waals surface area contributed by atoms with Crippen molar-refractivity contribution < 1.29 is 9.53 Å². The van der Waals surface area contributed by atoms with Crippen LogP contribution in [0.1, 0.15) is 43.4 Å². The molecule has 0 unspecified atom stereocenters. The van der Waals surface area contributed by atoms with Crippen LogP contribution in [0.3, 0.4) is 0 Å². The largest absolute Gasteiger partial charge is 0.487 e. The van der Waals surface area contributed by atoms with Crippen LogP contribution < -0.4 is 10.9 Å². The van der Waals surface area contributed by atoms with Gasteiger partial charge in [0.15, 0.2) is 5.82 Å². The number of allylic oxidation sites excluding steroid dienone is 2. The second-order valence-electron chi connectivity index (χ2n) is 10.2. The SMILES string of the molecule is O=C(NCC1(c2cccc(Cl)c2)CCC1)C1=C(Cl)CCC=C1OCc1cc(=O)n2[nH]c(-c3ccccc3)nc2n1. The van der Waals surface area contributed by atoms with Gasteiger partial charge >= 0.3 is 0 Å². The number of rotatable bonds is 8. The van der Waals surface area contributed by atoms with Crippen LogP contribution >= 0.6 is 23.2 Å². The molecule has 0 aliphatic heterocycles. The molecule has 0 spiro atoms. The van der Waals surface area contributed by atoms with Gasteiger partial charge in [-0.1, -0.05) is 72.1 Å². The van der Waals surface area contributed by atoms with Crippen LogP contribution in [0.15, 0.2) is 87.9 Å². The number of halogens is 2. The number of benzene rings is 2. The zero-order chi connectivity index (χ0) is 27.7. The number of H-pyrrole nitrogens is 1. The minimum atomic E-state index is -0.311. The first-order chi connectivity index (χ1) is 19.4. The molecule has 6 rings (SSSR count). The molecule has 0 saturated heterocycles. The van der Waals surface area contributed by atoms with Crippen molar-refractivity contribution in [2.45, 2.75) is 44.1 Å². The summed E-state index contributed by atoms with van der Waals surface area (Å²) in [6.45, 7) is 0.462. The Hall–Kier alpha value is -3.88. The molecule has 204 valence electrons. The summed E-state index contributed by atoms with van der Waals surface area (Å²) < 4.78 is 7.32. The molecule has 0 bridgehead atoms. The number of fused-ring (bicyclic) bond motifs is 1. The van der Waals surface area contributed by atoms with Gasteiger partial charge in [0.05, 0.1) is 11.3 Å². The van der Waals surface area contributed by atoms with Gasteiger partial charge in [0.25, 0.3) is 17.2 Å². The van der Waals surface area contributed by atoms with Gasteiger partial charge < -0.3 is 10.1 Å². The number of aromatic amines is 1. The summed E-state index contributed by atoms with van der Waals surface area (Å²) in [5, 5.41) is 7.21. The van der Waals surface area contributed by atoms with Crippen LogP contribution in [-0.2, 0) is 21.6 Å². The lowest BCUT2D eigenvalue weighted by Crippen LogP contribution is -2.46. The van der Waals surface area contributed by atoms with Gasteiger partial charge in [-0.25, -0.2) is 4.98 Å². The Morgan fingerprint density at radius 1 is 1.07 bits per heavy atom. The van der Waals surface area contributed by atoms with Gasteiger partial charge in [-0.3, -0.25) is 14.7 Å². The zero-order valence-corrected chi connectivity index (χ0v) is 23.1. The highest BCUT2D eigenvalue weighted by molar-refractivity contribution is 6.32. The highest BCUT2D eigenvalue weighted by atomic mass is 35.5. The lowest BCUT2D eigenvalue weighted by atomic mass is 9.64. The van der Waals surface area contributed by atoms with Gasteiger partial charge in [-0.05, 0) is 49.5 Å². The van der Waals surface area contributed by atoms with Crippen molar-refractivity contribution in [3.05, 3.63) is 110 Å². The van der Waals surface area contributed by atoms with Crippen LogP contribution in [0.25, 0.3) is 17.2 Å². The number of carbonyl (C=O) groups is 1. The molecule has 2 aromatic heterocycles. The third kappa shape index (κ3) is 5.17. The molecular formula is C30H27Cl2N5O3. The van der Waals surface area contributed by atoms with E-state index in [1.807, 2.05) is 54.6 Å². The second-order valence-corrected chi connectivity index (χ2v) is 11.1. The van der Waals surface area contributed by atoms with E-state index in [4.69, 9.17) is 27.9 Å². The number of ether oxygens (including phenoxy) is 1. The quantitative estimate of drug-likeness (QED) is 0.282. The number of amides is 1. The number of aromatic nitrogens is 4. The highest BCUT2D eigenvalue weighted by Crippen LogP contribution is 2.44. The number of nitrogens with one attached hydrogen (secondary N) is 2. The molecule has 10 heteroatoms. The molecule has 2 heterocycles. The van der Waals surface area contributed by atoms with Crippen LogP contribution in [0.5, 0.6) is 0 Å². The molecule has 40 heavy (non-hydrogen) atoms. The molecule has 2 aliphatic carbocycles. The maximum Gasteiger partial charge on any atom is 0.274 e. The van der Waals surface area contributed by atoms with Gasteiger partial charge in [0.2, 0.25) is 0 Å². The Kier molecular flexibility index (Phi) is 7.21. The van der Waals surface area contributed by atoms with E-state index in [9.17, 15) is 9.59 Å². The van der Waals surface area contributed by atoms with E-state index < -0.39 is 0 Å². The van der Waals surface area contributed by atoms with Crippen molar-refractivity contribution >= 4 is 34.9 Å². The lowest BCUT2D eigenvalue weighted by molar-refractivity contribution is -0.118. The maximum atomic E-state index is 13.4. The Morgan fingerprint density at radius 3 is 2.65 bits per heavy atom. The molecule has 2 aromatic carbocycles. The van der Waals surface area contributed by atoms with Gasteiger partial charge in [0.1, 0.15) is 12.4 Å². The first-order valence-electron chi connectivity index (χ1n) is 13.2. The summed E-state index contributed by atoms with van der Waals surface area (Å²) in [5.41, 5.74) is 2.23. The Morgan fingerprint density at radius 2 is 1.90 bits per heavy atom. The van der Waals surface area contributed by atoms with Crippen molar-refractivity contribution in [3.63, 3.8) is 0 Å². The molecule has 2 aliphatic rings. The Bertz CT molecular complexity index is 1700. The van der Waals surface area contributed by atoms with E-state index >= 15 is 0 Å². The van der Waals surface area contributed by atoms with Crippen LogP contribution in [0.2, 0.25) is 5.02 Å². The summed E-state index contributed by atoms with van der Waals surface area (Å²) in [6, 6.07) is 18.7. The average Bonchev–Trinajstić information content (AvgIpc) is 3.37. The van der Waals surface area contributed by atoms with Gasteiger partial charge in [-0.2, -0.15) is 9.50 Å². The van der Waals surface area contributed by atoms with Crippen molar-refractivity contribution in [3.8, 4) is 11.4 Å². The van der Waals surface area contributed by atoms with Crippen molar-refractivity contribution in [1.82, 2.24) is 24.9 Å². The van der Waals surface area contributed by atoms with E-state index in [1.165, 1.54) is 10.6 Å². The first kappa shape index (κ1) is 26.3. The summed E-state index contributed by atoms with van der Waals surface area (Å²) in [4.78, 5) is 35.1. The number of hydrogen-bond donors (Lipinski definition) is 2. The predicted octanol–water partition coefficient (Wildman–Crippen LogP) is 5.66. The fourth-order valence-electron chi connectivity index (χ4n) is 5.26. The smallest absolute Gasteiger partial charge is 0.274 e. The summed E-state index contributed by atoms with van der Waals surface area (Å²) in [6.07, 6.45) is 6.10. The van der Waals surface area contributed by atoms with E-state index in [1.54, 1.807) is 0 Å².